The fourth-order valence-corrected chi connectivity index (χ4v) is 3.05. The van der Waals surface area contributed by atoms with E-state index in [0.29, 0.717) is 0 Å². The largest absolute Gasteiger partial charge is 0.300 e. The minimum atomic E-state index is 0. The van der Waals surface area contributed by atoms with Crippen LogP contribution in [0.5, 0.6) is 0 Å². The molecule has 1 rings (SSSR count). The van der Waals surface area contributed by atoms with Gasteiger partial charge in [0.25, 0.3) is 0 Å². The van der Waals surface area contributed by atoms with Crippen molar-refractivity contribution in [2.75, 3.05) is 13.1 Å². The van der Waals surface area contributed by atoms with Crippen molar-refractivity contribution in [2.45, 2.75) is 90.5 Å². The van der Waals surface area contributed by atoms with E-state index in [-0.39, 0.29) is 17.0 Å². The lowest BCUT2D eigenvalue weighted by Gasteiger charge is -2.34. The molecule has 0 aromatic heterocycles. The van der Waals surface area contributed by atoms with Crippen molar-refractivity contribution in [3.63, 3.8) is 0 Å². The van der Waals surface area contributed by atoms with E-state index in [2.05, 4.69) is 18.7 Å². The van der Waals surface area contributed by atoms with Gasteiger partial charge >= 0.3 is 0 Å². The number of hydrogen-bond donors (Lipinski definition) is 0. The molecule has 0 spiro atoms. The van der Waals surface area contributed by atoms with Crippen molar-refractivity contribution in [3.05, 3.63) is 0 Å². The third kappa shape index (κ3) is 7.78. The molecule has 18 heavy (non-hydrogen) atoms. The molecule has 0 aromatic rings. The van der Waals surface area contributed by atoms with Crippen LogP contribution in [0.2, 0.25) is 0 Å². The smallest absolute Gasteiger partial charge is 0.00952 e. The first-order chi connectivity index (χ1) is 8.38. The lowest BCUT2D eigenvalue weighted by atomic mass is 9.93. The molecule has 0 radical (unpaired) electrons. The molecule has 0 saturated heterocycles. The summed E-state index contributed by atoms with van der Waals surface area (Å²) in [4.78, 5) is 2.82. The predicted octanol–water partition coefficient (Wildman–Crippen LogP) is 5.58. The summed E-state index contributed by atoms with van der Waals surface area (Å²) >= 11 is 0. The second-order valence-electron chi connectivity index (χ2n) is 5.74. The highest BCUT2D eigenvalue weighted by Crippen LogP contribution is 2.23. The van der Waals surface area contributed by atoms with Gasteiger partial charge in [0, 0.05) is 6.04 Å². The molecule has 0 unspecified atom stereocenters. The highest BCUT2D eigenvalue weighted by Gasteiger charge is 2.19. The van der Waals surface area contributed by atoms with Crippen molar-refractivity contribution < 1.29 is 0 Å². The zero-order valence-electron chi connectivity index (χ0n) is 12.6. The first-order valence-electron chi connectivity index (χ1n) is 8.12. The molecule has 0 heterocycles. The molecule has 0 bridgehead atoms. The van der Waals surface area contributed by atoms with Crippen molar-refractivity contribution >= 4 is 17.0 Å². The van der Waals surface area contributed by atoms with E-state index >= 15 is 0 Å². The van der Waals surface area contributed by atoms with E-state index in [1.54, 1.807) is 0 Å². The van der Waals surface area contributed by atoms with Crippen molar-refractivity contribution in [2.24, 2.45) is 0 Å². The Labute approximate surface area is 125 Å². The van der Waals surface area contributed by atoms with Crippen LogP contribution in [0.3, 0.4) is 0 Å². The van der Waals surface area contributed by atoms with Crippen molar-refractivity contribution in [1.29, 1.82) is 0 Å². The van der Waals surface area contributed by atoms with Gasteiger partial charge in [0.15, 0.2) is 0 Å². The first-order valence-corrected chi connectivity index (χ1v) is 8.12. The molecule has 110 valence electrons. The van der Waals surface area contributed by atoms with Gasteiger partial charge < -0.3 is 4.90 Å². The monoisotopic (exact) mass is 319 g/mol. The maximum absolute atomic E-state index is 2.82. The normalized spacial score (nSPS) is 16.8. The molecule has 1 fully saturated rings. The Kier molecular flexibility index (Phi) is 12.8. The van der Waals surface area contributed by atoms with Crippen LogP contribution in [0.1, 0.15) is 84.5 Å². The zero-order valence-corrected chi connectivity index (χ0v) is 14.3. The molecule has 1 aliphatic carbocycles. The molecule has 0 amide bonds. The van der Waals surface area contributed by atoms with E-state index in [1.807, 2.05) is 0 Å². The Morgan fingerprint density at radius 1 is 0.778 bits per heavy atom. The molecular weight excluding hydrogens is 286 g/mol. The summed E-state index contributed by atoms with van der Waals surface area (Å²) in [5.41, 5.74) is 0. The topological polar surface area (TPSA) is 3.24 Å². The molecule has 2 heteroatoms. The van der Waals surface area contributed by atoms with Crippen LogP contribution < -0.4 is 0 Å². The third-order valence-electron chi connectivity index (χ3n) is 4.19. The minimum absolute atomic E-state index is 0. The van der Waals surface area contributed by atoms with Gasteiger partial charge in [-0.1, -0.05) is 58.8 Å². The predicted molar refractivity (Wildman–Crippen MR) is 87.8 cm³/mol. The Morgan fingerprint density at radius 3 is 1.72 bits per heavy atom. The van der Waals surface area contributed by atoms with Gasteiger partial charge in [0.05, 0.1) is 0 Å². The number of halogens is 1. The van der Waals surface area contributed by atoms with Crippen LogP contribution in [-0.2, 0) is 0 Å². The summed E-state index contributed by atoms with van der Waals surface area (Å²) in [7, 11) is 0. The van der Waals surface area contributed by atoms with Gasteiger partial charge in [-0.05, 0) is 38.8 Å². The van der Waals surface area contributed by atoms with Crippen LogP contribution in [0, 0.1) is 0 Å². The number of rotatable bonds is 9. The first kappa shape index (κ1) is 18.4. The third-order valence-corrected chi connectivity index (χ3v) is 4.19. The standard InChI is InChI=1S/C16H33N.BrH/c1-3-5-10-14-17(15-11-6-4-2)16-12-8-7-9-13-16;/h16H,3-15H2,1-2H3;1H. The summed E-state index contributed by atoms with van der Waals surface area (Å²) in [6.45, 7) is 7.34. The quantitative estimate of drug-likeness (QED) is 0.501. The summed E-state index contributed by atoms with van der Waals surface area (Å²) in [6.07, 6.45) is 15.7. The van der Waals surface area contributed by atoms with Crippen LogP contribution >= 0.6 is 17.0 Å². The zero-order chi connectivity index (χ0) is 12.3. The van der Waals surface area contributed by atoms with Crippen LogP contribution in [0.15, 0.2) is 0 Å². The molecule has 1 nitrogen and oxygen atoms in total. The van der Waals surface area contributed by atoms with E-state index in [1.165, 1.54) is 83.7 Å². The van der Waals surface area contributed by atoms with E-state index in [4.69, 9.17) is 0 Å². The maximum Gasteiger partial charge on any atom is 0.00952 e. The van der Waals surface area contributed by atoms with E-state index < -0.39 is 0 Å². The summed E-state index contributed by atoms with van der Waals surface area (Å²) in [5, 5.41) is 0. The molecule has 0 atom stereocenters. The van der Waals surface area contributed by atoms with Crippen LogP contribution in [0.25, 0.3) is 0 Å². The second-order valence-corrected chi connectivity index (χ2v) is 5.74. The molecule has 1 saturated carbocycles. The summed E-state index contributed by atoms with van der Waals surface area (Å²) in [5.74, 6) is 0. The molecule has 0 aromatic carbocycles. The van der Waals surface area contributed by atoms with Gasteiger partial charge in [-0.25, -0.2) is 0 Å². The Hall–Kier alpha value is 0.440. The Morgan fingerprint density at radius 2 is 1.28 bits per heavy atom. The highest BCUT2D eigenvalue weighted by molar-refractivity contribution is 8.93. The lowest BCUT2D eigenvalue weighted by Crippen LogP contribution is -2.38. The second kappa shape index (κ2) is 12.5. The number of nitrogens with zero attached hydrogens (tertiary/aromatic N) is 1. The van der Waals surface area contributed by atoms with Crippen LogP contribution in [-0.4, -0.2) is 24.0 Å². The van der Waals surface area contributed by atoms with Gasteiger partial charge in [-0.2, -0.15) is 0 Å². The minimum Gasteiger partial charge on any atom is -0.300 e. The SMILES string of the molecule is Br.CCCCCN(CCCCC)C1CCCCC1. The number of unbranched alkanes of at least 4 members (excludes halogenated alkanes) is 4. The van der Waals surface area contributed by atoms with E-state index in [9.17, 15) is 0 Å². The Balaban J connectivity index is 0.00000289. The fourth-order valence-electron chi connectivity index (χ4n) is 3.05. The average Bonchev–Trinajstić information content (AvgIpc) is 2.38. The lowest BCUT2D eigenvalue weighted by molar-refractivity contribution is 0.150. The van der Waals surface area contributed by atoms with Crippen LogP contribution in [0.4, 0.5) is 0 Å². The maximum atomic E-state index is 2.82. The van der Waals surface area contributed by atoms with Gasteiger partial charge in [-0.15, -0.1) is 17.0 Å². The summed E-state index contributed by atoms with van der Waals surface area (Å²) < 4.78 is 0. The van der Waals surface area contributed by atoms with Crippen molar-refractivity contribution in [3.8, 4) is 0 Å². The Bertz CT molecular complexity index is 156. The molecule has 0 N–H and O–H groups in total. The van der Waals surface area contributed by atoms with Gasteiger partial charge in [0.2, 0.25) is 0 Å². The highest BCUT2D eigenvalue weighted by atomic mass is 79.9. The van der Waals surface area contributed by atoms with E-state index in [0.717, 1.165) is 6.04 Å². The molecule has 0 aliphatic heterocycles. The fraction of sp³-hybridized carbons (Fsp3) is 1.00. The van der Waals surface area contributed by atoms with Crippen molar-refractivity contribution in [1.82, 2.24) is 4.90 Å². The van der Waals surface area contributed by atoms with Gasteiger partial charge in [-0.3, -0.25) is 0 Å². The summed E-state index contributed by atoms with van der Waals surface area (Å²) in [6, 6.07) is 0.928. The molecular formula is C16H34BrN. The molecule has 1 aliphatic rings. The van der Waals surface area contributed by atoms with Gasteiger partial charge in [0.1, 0.15) is 0 Å². The number of hydrogen-bond acceptors (Lipinski definition) is 1. The average molecular weight is 320 g/mol.